The van der Waals surface area contributed by atoms with Gasteiger partial charge in [0, 0.05) is 7.05 Å². The Balaban J connectivity index is 2.55. The van der Waals surface area contributed by atoms with Crippen LogP contribution in [0, 0.1) is 16.2 Å². The Kier molecular flexibility index (Phi) is 1.35. The maximum atomic E-state index is 9.96. The summed E-state index contributed by atoms with van der Waals surface area (Å²) in [5.41, 5.74) is 2.49. The molecule has 0 aromatic rings. The van der Waals surface area contributed by atoms with Crippen molar-refractivity contribution in [1.29, 1.82) is 0 Å². The number of nitrogens with one attached hydrogen (secondary N) is 1. The molecule has 0 aromatic heterocycles. The van der Waals surface area contributed by atoms with E-state index in [9.17, 15) is 10.1 Å². The van der Waals surface area contributed by atoms with E-state index in [1.54, 1.807) is 12.1 Å². The van der Waals surface area contributed by atoms with E-state index in [-0.39, 0.29) is 5.82 Å². The molecule has 0 aromatic carbocycles. The summed E-state index contributed by atoms with van der Waals surface area (Å²) in [4.78, 5) is 9.47. The molecule has 0 spiro atoms. The average Bonchev–Trinajstić information content (AvgIpc) is 2.14. The molecule has 1 radical (unpaired) electrons. The number of hydrazine groups is 1. The summed E-state index contributed by atoms with van der Waals surface area (Å²) in [6.45, 7) is 0.469. The van der Waals surface area contributed by atoms with Gasteiger partial charge in [-0.1, -0.05) is 0 Å². The first kappa shape index (κ1) is 6.03. The summed E-state index contributed by atoms with van der Waals surface area (Å²) in [6.07, 6.45) is 2.54. The molecule has 0 amide bonds. The molecule has 5 heteroatoms. The summed E-state index contributed by atoms with van der Waals surface area (Å²) in [6, 6.07) is 0. The lowest BCUT2D eigenvalue weighted by molar-refractivity contribution is -0.434. The zero-order valence-electron chi connectivity index (χ0n) is 4.92. The van der Waals surface area contributed by atoms with Crippen LogP contribution in [0.3, 0.4) is 0 Å². The first-order valence-electron chi connectivity index (χ1n) is 2.43. The van der Waals surface area contributed by atoms with Gasteiger partial charge in [-0.2, -0.15) is 5.43 Å². The quantitative estimate of drug-likeness (QED) is 0.377. The van der Waals surface area contributed by atoms with Gasteiger partial charge in [0.05, 0.1) is 12.6 Å². The third-order valence-corrected chi connectivity index (χ3v) is 0.963. The van der Waals surface area contributed by atoms with Gasteiger partial charge in [0.15, 0.2) is 0 Å². The molecule has 5 nitrogen and oxygen atoms in total. The van der Waals surface area contributed by atoms with Crippen LogP contribution in [0.1, 0.15) is 0 Å². The SMILES string of the molecule is CN1C[C]=C([N+](=O)[O-])N1. The number of rotatable bonds is 1. The summed E-state index contributed by atoms with van der Waals surface area (Å²) in [5, 5.41) is 11.5. The molecular weight excluding hydrogens is 122 g/mol. The highest BCUT2D eigenvalue weighted by Crippen LogP contribution is 1.97. The molecule has 1 N–H and O–H groups in total. The maximum Gasteiger partial charge on any atom is 0.339 e. The number of hydrogen-bond donors (Lipinski definition) is 1. The predicted molar refractivity (Wildman–Crippen MR) is 29.5 cm³/mol. The first-order chi connectivity index (χ1) is 4.20. The summed E-state index contributed by atoms with van der Waals surface area (Å²) >= 11 is 0. The molecular formula is C4H6N3O2. The number of hydrogen-bond acceptors (Lipinski definition) is 4. The third kappa shape index (κ3) is 1.17. The van der Waals surface area contributed by atoms with Crippen LogP contribution in [-0.2, 0) is 0 Å². The second kappa shape index (κ2) is 2.02. The fourth-order valence-electron chi connectivity index (χ4n) is 0.559. The van der Waals surface area contributed by atoms with Gasteiger partial charge in [-0.15, -0.1) is 5.01 Å². The Morgan fingerprint density at radius 1 is 2.00 bits per heavy atom. The largest absolute Gasteiger partial charge is 0.358 e. The van der Waals surface area contributed by atoms with Gasteiger partial charge in [0.25, 0.3) is 0 Å². The minimum atomic E-state index is -0.497. The predicted octanol–water partition coefficient (Wildman–Crippen LogP) is -0.642. The molecule has 1 rings (SSSR count). The molecule has 1 heterocycles. The molecule has 0 saturated carbocycles. The van der Waals surface area contributed by atoms with Gasteiger partial charge in [-0.3, -0.25) is 0 Å². The van der Waals surface area contributed by atoms with Crippen molar-refractivity contribution < 1.29 is 4.92 Å². The minimum absolute atomic E-state index is 0.0579. The standard InChI is InChI=1S/C4H6N3O2/c1-6-3-2-4(5-6)7(8)9/h5H,3H2,1H3. The van der Waals surface area contributed by atoms with Gasteiger partial charge >= 0.3 is 5.82 Å². The number of likely N-dealkylation sites (N-methyl/N-ethyl adjacent to an activating group) is 1. The first-order valence-corrected chi connectivity index (χ1v) is 2.43. The lowest BCUT2D eigenvalue weighted by Crippen LogP contribution is -2.29. The fourth-order valence-corrected chi connectivity index (χ4v) is 0.559. The Morgan fingerprint density at radius 3 is 2.89 bits per heavy atom. The second-order valence-corrected chi connectivity index (χ2v) is 1.75. The Labute approximate surface area is 52.1 Å². The molecule has 49 valence electrons. The molecule has 1 aliphatic heterocycles. The molecule has 0 fully saturated rings. The van der Waals surface area contributed by atoms with E-state index < -0.39 is 4.92 Å². The van der Waals surface area contributed by atoms with Crippen molar-refractivity contribution in [1.82, 2.24) is 10.4 Å². The van der Waals surface area contributed by atoms with E-state index in [0.29, 0.717) is 6.54 Å². The Morgan fingerprint density at radius 2 is 2.67 bits per heavy atom. The molecule has 0 aliphatic carbocycles. The zero-order valence-corrected chi connectivity index (χ0v) is 4.92. The Bertz CT molecular complexity index is 165. The normalized spacial score (nSPS) is 19.0. The van der Waals surface area contributed by atoms with Crippen LogP contribution in [0.2, 0.25) is 0 Å². The van der Waals surface area contributed by atoms with Crippen molar-refractivity contribution >= 4 is 0 Å². The highest BCUT2D eigenvalue weighted by atomic mass is 16.6. The summed E-state index contributed by atoms with van der Waals surface area (Å²) < 4.78 is 0. The van der Waals surface area contributed by atoms with Crippen molar-refractivity contribution in [3.05, 3.63) is 22.0 Å². The average molecular weight is 128 g/mol. The highest BCUT2D eigenvalue weighted by molar-refractivity contribution is 4.88. The highest BCUT2D eigenvalue weighted by Gasteiger charge is 2.18. The van der Waals surface area contributed by atoms with E-state index >= 15 is 0 Å². The molecule has 9 heavy (non-hydrogen) atoms. The van der Waals surface area contributed by atoms with E-state index in [2.05, 4.69) is 11.5 Å². The second-order valence-electron chi connectivity index (χ2n) is 1.75. The van der Waals surface area contributed by atoms with Crippen molar-refractivity contribution in [2.24, 2.45) is 0 Å². The zero-order chi connectivity index (χ0) is 6.85. The molecule has 0 saturated heterocycles. The molecule has 0 atom stereocenters. The van der Waals surface area contributed by atoms with Gasteiger partial charge in [-0.25, -0.2) is 0 Å². The maximum absolute atomic E-state index is 9.96. The lowest BCUT2D eigenvalue weighted by Gasteiger charge is -2.01. The van der Waals surface area contributed by atoms with Crippen LogP contribution in [0.5, 0.6) is 0 Å². The van der Waals surface area contributed by atoms with Crippen LogP contribution in [0.25, 0.3) is 0 Å². The lowest BCUT2D eigenvalue weighted by atomic mass is 10.6. The van der Waals surface area contributed by atoms with Crippen LogP contribution in [-0.4, -0.2) is 23.5 Å². The number of nitrogens with zero attached hydrogens (tertiary/aromatic N) is 2. The number of nitro groups is 1. The van der Waals surface area contributed by atoms with E-state index in [1.807, 2.05) is 0 Å². The van der Waals surface area contributed by atoms with E-state index in [1.165, 1.54) is 0 Å². The smallest absolute Gasteiger partial charge is 0.339 e. The van der Waals surface area contributed by atoms with Crippen LogP contribution >= 0.6 is 0 Å². The summed E-state index contributed by atoms with van der Waals surface area (Å²) in [5.74, 6) is -0.0579. The van der Waals surface area contributed by atoms with Gasteiger partial charge in [0.1, 0.15) is 0 Å². The van der Waals surface area contributed by atoms with Crippen LogP contribution in [0.4, 0.5) is 0 Å². The topological polar surface area (TPSA) is 58.4 Å². The third-order valence-electron chi connectivity index (χ3n) is 0.963. The molecule has 0 unspecified atom stereocenters. The van der Waals surface area contributed by atoms with Crippen LogP contribution in [0.15, 0.2) is 5.82 Å². The van der Waals surface area contributed by atoms with E-state index in [4.69, 9.17) is 0 Å². The van der Waals surface area contributed by atoms with Crippen molar-refractivity contribution in [3.63, 3.8) is 0 Å². The Hall–Kier alpha value is -1.10. The summed E-state index contributed by atoms with van der Waals surface area (Å²) in [7, 11) is 1.71. The monoisotopic (exact) mass is 128 g/mol. The molecule has 0 bridgehead atoms. The van der Waals surface area contributed by atoms with Gasteiger partial charge in [-0.05, 0) is 4.92 Å². The molecule has 1 aliphatic rings. The fraction of sp³-hybridized carbons (Fsp3) is 0.500. The van der Waals surface area contributed by atoms with Crippen LogP contribution < -0.4 is 5.43 Å². The minimum Gasteiger partial charge on any atom is -0.358 e. The van der Waals surface area contributed by atoms with Crippen molar-refractivity contribution in [2.45, 2.75) is 0 Å². The van der Waals surface area contributed by atoms with Crippen molar-refractivity contribution in [3.8, 4) is 0 Å². The van der Waals surface area contributed by atoms with E-state index in [0.717, 1.165) is 0 Å². The van der Waals surface area contributed by atoms with Gasteiger partial charge < -0.3 is 10.1 Å². The van der Waals surface area contributed by atoms with Crippen molar-refractivity contribution in [2.75, 3.05) is 13.6 Å². The van der Waals surface area contributed by atoms with Gasteiger partial charge in [0.2, 0.25) is 0 Å².